The van der Waals surface area contributed by atoms with Gasteiger partial charge in [-0.2, -0.15) is 0 Å². The summed E-state index contributed by atoms with van der Waals surface area (Å²) in [5.74, 6) is 0.518. The first-order valence-corrected chi connectivity index (χ1v) is 10.6. The van der Waals surface area contributed by atoms with E-state index < -0.39 is 23.4 Å². The van der Waals surface area contributed by atoms with Crippen molar-refractivity contribution in [2.75, 3.05) is 6.54 Å². The zero-order valence-electron chi connectivity index (χ0n) is 17.6. The summed E-state index contributed by atoms with van der Waals surface area (Å²) < 4.78 is 5.75. The summed E-state index contributed by atoms with van der Waals surface area (Å²) in [5, 5.41) is 2.81. The molecule has 29 heavy (non-hydrogen) atoms. The van der Waals surface area contributed by atoms with Gasteiger partial charge in [-0.25, -0.2) is 4.79 Å². The number of rotatable bonds is 5. The van der Waals surface area contributed by atoms with Crippen molar-refractivity contribution in [2.24, 2.45) is 23.2 Å². The lowest BCUT2D eigenvalue weighted by Gasteiger charge is -2.61. The van der Waals surface area contributed by atoms with Gasteiger partial charge in [-0.1, -0.05) is 58.0 Å². The second kappa shape index (κ2) is 6.85. The maximum absolute atomic E-state index is 13.1. The number of fused-ring (bicyclic) bond motifs is 2. The molecule has 5 atom stereocenters. The number of nitrogens with one attached hydrogen (secondary N) is 1. The molecule has 156 valence electrons. The molecule has 3 aliphatic carbocycles. The Bertz CT molecular complexity index is 837. The molecule has 1 saturated heterocycles. The van der Waals surface area contributed by atoms with Crippen molar-refractivity contribution >= 4 is 17.9 Å². The molecule has 1 aliphatic heterocycles. The van der Waals surface area contributed by atoms with E-state index in [1.807, 2.05) is 37.3 Å². The van der Waals surface area contributed by atoms with Gasteiger partial charge in [-0.05, 0) is 48.0 Å². The van der Waals surface area contributed by atoms with Gasteiger partial charge in [0.15, 0.2) is 0 Å². The molecular weight excluding hydrogens is 368 g/mol. The molecule has 1 aromatic carbocycles. The van der Waals surface area contributed by atoms with Crippen LogP contribution in [0.4, 0.5) is 4.79 Å². The van der Waals surface area contributed by atoms with Crippen molar-refractivity contribution < 1.29 is 19.1 Å². The second-order valence-electron chi connectivity index (χ2n) is 9.43. The van der Waals surface area contributed by atoms with E-state index in [1.54, 1.807) is 0 Å². The number of imide groups is 1. The maximum Gasteiger partial charge on any atom is 0.326 e. The van der Waals surface area contributed by atoms with Gasteiger partial charge in [0.2, 0.25) is 0 Å². The van der Waals surface area contributed by atoms with Gasteiger partial charge < -0.3 is 10.1 Å². The Kier molecular flexibility index (Phi) is 4.71. The third-order valence-corrected chi connectivity index (χ3v) is 7.83. The van der Waals surface area contributed by atoms with Gasteiger partial charge in [-0.15, -0.1) is 0 Å². The number of carbonyl (C=O) groups excluding carboxylic acids is 3. The normalized spacial score (nSPS) is 35.1. The zero-order chi connectivity index (χ0) is 21.0. The Morgan fingerprint density at radius 3 is 2.48 bits per heavy atom. The average molecular weight is 399 g/mol. The Labute approximate surface area is 172 Å². The lowest BCUT2D eigenvalue weighted by molar-refractivity contribution is -0.186. The fourth-order valence-corrected chi connectivity index (χ4v) is 5.73. The number of esters is 1. The predicted molar refractivity (Wildman–Crippen MR) is 108 cm³/mol. The minimum Gasteiger partial charge on any atom is -0.461 e. The predicted octanol–water partition coefficient (Wildman–Crippen LogP) is 3.46. The lowest BCUT2D eigenvalue weighted by Crippen LogP contribution is -2.57. The van der Waals surface area contributed by atoms with Gasteiger partial charge in [0.1, 0.15) is 18.2 Å². The van der Waals surface area contributed by atoms with E-state index in [1.165, 1.54) is 6.42 Å². The molecule has 0 spiro atoms. The molecule has 0 aromatic heterocycles. The third-order valence-electron chi connectivity index (χ3n) is 7.83. The Balaban J connectivity index is 1.44. The van der Waals surface area contributed by atoms with Crippen molar-refractivity contribution in [1.29, 1.82) is 0 Å². The quantitative estimate of drug-likeness (QED) is 0.609. The summed E-state index contributed by atoms with van der Waals surface area (Å²) >= 11 is 0. The molecule has 6 nitrogen and oxygen atoms in total. The maximum atomic E-state index is 13.1. The summed E-state index contributed by atoms with van der Waals surface area (Å²) in [6, 6.07) is 8.63. The molecule has 1 heterocycles. The molecule has 3 saturated carbocycles. The number of carbonyl (C=O) groups is 3. The summed E-state index contributed by atoms with van der Waals surface area (Å²) in [5.41, 5.74) is -0.0914. The fraction of sp³-hybridized carbons (Fsp3) is 0.609. The van der Waals surface area contributed by atoms with Crippen molar-refractivity contribution in [3.05, 3.63) is 35.9 Å². The number of benzene rings is 1. The van der Waals surface area contributed by atoms with Crippen LogP contribution < -0.4 is 5.32 Å². The van der Waals surface area contributed by atoms with Gasteiger partial charge in [0.25, 0.3) is 5.91 Å². The molecule has 4 fully saturated rings. The summed E-state index contributed by atoms with van der Waals surface area (Å²) in [7, 11) is 0. The minimum atomic E-state index is -1.12. The van der Waals surface area contributed by atoms with Gasteiger partial charge >= 0.3 is 12.0 Å². The van der Waals surface area contributed by atoms with E-state index in [2.05, 4.69) is 26.1 Å². The first-order valence-electron chi connectivity index (χ1n) is 10.6. The van der Waals surface area contributed by atoms with E-state index >= 15 is 0 Å². The van der Waals surface area contributed by atoms with Crippen molar-refractivity contribution in [1.82, 2.24) is 10.2 Å². The molecule has 4 aliphatic rings. The minimum absolute atomic E-state index is 0.134. The first-order chi connectivity index (χ1) is 13.7. The Morgan fingerprint density at radius 1 is 1.21 bits per heavy atom. The fourth-order valence-electron chi connectivity index (χ4n) is 5.73. The molecule has 2 bridgehead atoms. The van der Waals surface area contributed by atoms with E-state index in [-0.39, 0.29) is 12.6 Å². The third kappa shape index (κ3) is 2.95. The Morgan fingerprint density at radius 2 is 1.90 bits per heavy atom. The van der Waals surface area contributed by atoms with Crippen LogP contribution in [0.15, 0.2) is 30.3 Å². The second-order valence-corrected chi connectivity index (χ2v) is 9.43. The van der Waals surface area contributed by atoms with E-state index in [0.717, 1.165) is 16.9 Å². The number of hydrogen-bond acceptors (Lipinski definition) is 4. The standard InChI is InChI=1S/C23H30N2O4/c1-5-23(15-9-7-6-8-10-15)20(27)25(21(28)24-23)13-19(26)29-18-12-16-11-17(14(18)2)22(16,3)4/h6-10,14,16-18H,5,11-13H2,1-4H3,(H,24,28). The van der Waals surface area contributed by atoms with Crippen LogP contribution >= 0.6 is 0 Å². The molecule has 1 aromatic rings. The highest BCUT2D eigenvalue weighted by Gasteiger charge is 2.57. The van der Waals surface area contributed by atoms with Crippen molar-refractivity contribution in [3.8, 4) is 0 Å². The van der Waals surface area contributed by atoms with Gasteiger partial charge in [0, 0.05) is 0 Å². The van der Waals surface area contributed by atoms with E-state index in [9.17, 15) is 14.4 Å². The number of nitrogens with zero attached hydrogens (tertiary/aromatic N) is 1. The SMILES string of the molecule is CCC1(c2ccccc2)NC(=O)N(CC(=O)OC2CC3CC(C2C)C3(C)C)C1=O. The molecule has 6 heteroatoms. The summed E-state index contributed by atoms with van der Waals surface area (Å²) in [6.07, 6.45) is 2.33. The van der Waals surface area contributed by atoms with Gasteiger partial charge in [0.05, 0.1) is 0 Å². The molecule has 0 radical (unpaired) electrons. The van der Waals surface area contributed by atoms with Gasteiger partial charge in [-0.3, -0.25) is 14.5 Å². The highest BCUT2D eigenvalue weighted by molar-refractivity contribution is 6.09. The summed E-state index contributed by atoms with van der Waals surface area (Å²) in [6.45, 7) is 8.24. The van der Waals surface area contributed by atoms with Crippen LogP contribution in [0.3, 0.4) is 0 Å². The largest absolute Gasteiger partial charge is 0.461 e. The van der Waals surface area contributed by atoms with E-state index in [0.29, 0.717) is 29.6 Å². The smallest absolute Gasteiger partial charge is 0.326 e. The highest BCUT2D eigenvalue weighted by atomic mass is 16.5. The molecule has 5 rings (SSSR count). The summed E-state index contributed by atoms with van der Waals surface area (Å²) in [4.78, 5) is 39.3. The van der Waals surface area contributed by atoms with Crippen LogP contribution in [0.1, 0.15) is 52.5 Å². The van der Waals surface area contributed by atoms with Crippen molar-refractivity contribution in [2.45, 2.75) is 58.6 Å². The van der Waals surface area contributed by atoms with Crippen LogP contribution in [0.25, 0.3) is 0 Å². The van der Waals surface area contributed by atoms with Crippen LogP contribution in [0.5, 0.6) is 0 Å². The number of hydrogen-bond donors (Lipinski definition) is 1. The van der Waals surface area contributed by atoms with Crippen LogP contribution in [-0.2, 0) is 19.9 Å². The van der Waals surface area contributed by atoms with E-state index in [4.69, 9.17) is 4.74 Å². The molecular formula is C23H30N2O4. The number of amides is 3. The topological polar surface area (TPSA) is 75.7 Å². The lowest BCUT2D eigenvalue weighted by atomic mass is 9.45. The molecule has 3 amide bonds. The Hall–Kier alpha value is -2.37. The van der Waals surface area contributed by atoms with Crippen molar-refractivity contribution in [3.63, 3.8) is 0 Å². The molecule has 1 N–H and O–H groups in total. The average Bonchev–Trinajstić information content (AvgIpc) is 2.94. The first kappa shape index (κ1) is 19.9. The number of ether oxygens (including phenoxy) is 1. The van der Waals surface area contributed by atoms with Crippen LogP contribution in [-0.4, -0.2) is 35.5 Å². The van der Waals surface area contributed by atoms with Crippen LogP contribution in [0.2, 0.25) is 0 Å². The molecule has 5 unspecified atom stereocenters. The zero-order valence-corrected chi connectivity index (χ0v) is 17.6. The highest BCUT2D eigenvalue weighted by Crippen LogP contribution is 2.61. The van der Waals surface area contributed by atoms with Crippen LogP contribution in [0, 0.1) is 23.2 Å². The number of urea groups is 1. The monoisotopic (exact) mass is 398 g/mol.